The minimum Gasteiger partial charge on any atom is -0.400 e. The molecule has 1 aliphatic heterocycles. The molecule has 1 aliphatic rings. The van der Waals surface area contributed by atoms with E-state index in [1.165, 1.54) is 5.56 Å². The number of halogens is 1. The quantitative estimate of drug-likeness (QED) is 0.747. The Morgan fingerprint density at radius 3 is 2.00 bits per heavy atom. The first-order valence-electron chi connectivity index (χ1n) is 6.51. The molecule has 0 amide bonds. The maximum atomic E-state index is 5.97. The zero-order valence-electron chi connectivity index (χ0n) is 12.2. The van der Waals surface area contributed by atoms with Crippen LogP contribution in [0.5, 0.6) is 0 Å². The molecule has 102 valence electrons. The third-order valence-electron chi connectivity index (χ3n) is 3.96. The molecule has 1 aromatic rings. The first-order chi connectivity index (χ1) is 8.71. The molecule has 1 heterocycles. The van der Waals surface area contributed by atoms with Crippen LogP contribution in [0.25, 0.3) is 5.57 Å². The normalized spacial score (nSPS) is 21.8. The molecule has 0 unspecified atom stereocenters. The largest absolute Gasteiger partial charge is 0.487 e. The molecule has 0 atom stereocenters. The number of hydrogen-bond acceptors (Lipinski definition) is 2. The second-order valence-electron chi connectivity index (χ2n) is 5.98. The summed E-state index contributed by atoms with van der Waals surface area (Å²) in [5, 5.41) is 0. The van der Waals surface area contributed by atoms with Crippen molar-refractivity contribution in [3.05, 3.63) is 40.3 Å². The molecule has 4 heteroatoms. The zero-order valence-corrected chi connectivity index (χ0v) is 13.7. The Balaban J connectivity index is 2.17. The van der Waals surface area contributed by atoms with Gasteiger partial charge in [-0.15, -0.1) is 0 Å². The molecule has 0 spiro atoms. The smallest absolute Gasteiger partial charge is 0.400 e. The van der Waals surface area contributed by atoms with Gasteiger partial charge in [-0.25, -0.2) is 0 Å². The van der Waals surface area contributed by atoms with Gasteiger partial charge in [0.25, 0.3) is 0 Å². The minimum absolute atomic E-state index is 0.284. The van der Waals surface area contributed by atoms with E-state index in [0.29, 0.717) is 0 Å². The van der Waals surface area contributed by atoms with E-state index in [0.717, 1.165) is 10.0 Å². The number of benzene rings is 1. The van der Waals surface area contributed by atoms with Crippen LogP contribution in [0, 0.1) is 0 Å². The van der Waals surface area contributed by atoms with E-state index in [2.05, 4.69) is 62.7 Å². The van der Waals surface area contributed by atoms with Crippen molar-refractivity contribution < 1.29 is 9.31 Å². The van der Waals surface area contributed by atoms with Gasteiger partial charge in [0.1, 0.15) is 0 Å². The van der Waals surface area contributed by atoms with Crippen LogP contribution in [0.2, 0.25) is 0 Å². The van der Waals surface area contributed by atoms with E-state index in [9.17, 15) is 0 Å². The van der Waals surface area contributed by atoms with E-state index in [1.54, 1.807) is 0 Å². The van der Waals surface area contributed by atoms with Crippen molar-refractivity contribution in [2.75, 3.05) is 0 Å². The standard InChI is InChI=1S/C15H20BBrO2/c1-11(12-6-8-13(17)9-7-12)10-16-18-14(2,3)15(4,5)19-16/h6-10H,1-5H3. The van der Waals surface area contributed by atoms with Gasteiger partial charge in [0.15, 0.2) is 0 Å². The summed E-state index contributed by atoms with van der Waals surface area (Å²) >= 11 is 3.44. The molecule has 0 radical (unpaired) electrons. The van der Waals surface area contributed by atoms with Gasteiger partial charge in [0.05, 0.1) is 11.2 Å². The van der Waals surface area contributed by atoms with Crippen LogP contribution in [0.3, 0.4) is 0 Å². The number of hydrogen-bond donors (Lipinski definition) is 0. The van der Waals surface area contributed by atoms with Gasteiger partial charge in [-0.3, -0.25) is 0 Å². The zero-order chi connectivity index (χ0) is 14.3. The lowest BCUT2D eigenvalue weighted by Gasteiger charge is -2.32. The lowest BCUT2D eigenvalue weighted by atomic mass is 9.85. The second kappa shape index (κ2) is 5.08. The predicted molar refractivity (Wildman–Crippen MR) is 83.9 cm³/mol. The van der Waals surface area contributed by atoms with Crippen molar-refractivity contribution in [2.24, 2.45) is 0 Å². The van der Waals surface area contributed by atoms with Crippen LogP contribution in [0.4, 0.5) is 0 Å². The van der Waals surface area contributed by atoms with Crippen molar-refractivity contribution in [2.45, 2.75) is 45.8 Å². The molecule has 0 aliphatic carbocycles. The Kier molecular flexibility index (Phi) is 3.96. The summed E-state index contributed by atoms with van der Waals surface area (Å²) in [6.07, 6.45) is 0. The summed E-state index contributed by atoms with van der Waals surface area (Å²) in [6, 6.07) is 8.25. The Hall–Kier alpha value is -0.575. The summed E-state index contributed by atoms with van der Waals surface area (Å²) in [5.41, 5.74) is 1.77. The van der Waals surface area contributed by atoms with Gasteiger partial charge in [-0.1, -0.05) is 39.6 Å². The van der Waals surface area contributed by atoms with Crippen LogP contribution >= 0.6 is 15.9 Å². The number of allylic oxidation sites excluding steroid dienone is 1. The molecule has 0 aromatic heterocycles. The van der Waals surface area contributed by atoms with Crippen molar-refractivity contribution in [3.63, 3.8) is 0 Å². The molecule has 0 N–H and O–H groups in total. The Morgan fingerprint density at radius 2 is 1.53 bits per heavy atom. The molecule has 1 fully saturated rings. The van der Waals surface area contributed by atoms with Gasteiger partial charge in [0.2, 0.25) is 0 Å². The molecule has 2 nitrogen and oxygen atoms in total. The van der Waals surface area contributed by atoms with Gasteiger partial charge >= 0.3 is 7.12 Å². The van der Waals surface area contributed by atoms with Gasteiger partial charge in [-0.05, 0) is 52.3 Å². The van der Waals surface area contributed by atoms with Crippen LogP contribution in [-0.4, -0.2) is 18.3 Å². The maximum absolute atomic E-state index is 5.97. The van der Waals surface area contributed by atoms with Crippen molar-refractivity contribution in [1.82, 2.24) is 0 Å². The molecule has 19 heavy (non-hydrogen) atoms. The van der Waals surface area contributed by atoms with Crippen LogP contribution in [-0.2, 0) is 9.31 Å². The molecule has 2 rings (SSSR count). The summed E-state index contributed by atoms with van der Waals surface area (Å²) in [6.45, 7) is 10.3. The molecule has 1 saturated heterocycles. The van der Waals surface area contributed by atoms with Gasteiger partial charge in [-0.2, -0.15) is 0 Å². The lowest BCUT2D eigenvalue weighted by molar-refractivity contribution is 0.00578. The highest BCUT2D eigenvalue weighted by Gasteiger charge is 2.50. The Morgan fingerprint density at radius 1 is 1.05 bits per heavy atom. The van der Waals surface area contributed by atoms with Crippen molar-refractivity contribution >= 4 is 28.6 Å². The first kappa shape index (κ1) is 14.8. The molecular formula is C15H20BBrO2. The van der Waals surface area contributed by atoms with E-state index in [1.807, 2.05) is 18.1 Å². The fourth-order valence-corrected chi connectivity index (χ4v) is 2.23. The summed E-state index contributed by atoms with van der Waals surface area (Å²) < 4.78 is 13.0. The van der Waals surface area contributed by atoms with Gasteiger partial charge < -0.3 is 9.31 Å². The Bertz CT molecular complexity index is 475. The lowest BCUT2D eigenvalue weighted by Crippen LogP contribution is -2.41. The fourth-order valence-electron chi connectivity index (χ4n) is 1.97. The highest BCUT2D eigenvalue weighted by atomic mass is 79.9. The van der Waals surface area contributed by atoms with Crippen LogP contribution in [0.15, 0.2) is 34.7 Å². The predicted octanol–water partition coefficient (Wildman–Crippen LogP) is 4.48. The first-order valence-corrected chi connectivity index (χ1v) is 7.31. The van der Waals surface area contributed by atoms with Gasteiger partial charge in [0, 0.05) is 4.47 Å². The minimum atomic E-state index is -0.284. The van der Waals surface area contributed by atoms with Crippen molar-refractivity contribution in [3.8, 4) is 0 Å². The SMILES string of the molecule is CC(=CB1OC(C)(C)C(C)(C)O1)c1ccc(Br)cc1. The third kappa shape index (κ3) is 3.12. The summed E-state index contributed by atoms with van der Waals surface area (Å²) in [5.74, 6) is 2.04. The molecular weight excluding hydrogens is 303 g/mol. The average Bonchev–Trinajstić information content (AvgIpc) is 2.47. The monoisotopic (exact) mass is 322 g/mol. The average molecular weight is 323 g/mol. The van der Waals surface area contributed by atoms with E-state index >= 15 is 0 Å². The summed E-state index contributed by atoms with van der Waals surface area (Å²) in [7, 11) is -0.284. The van der Waals surface area contributed by atoms with Crippen LogP contribution < -0.4 is 0 Å². The summed E-state index contributed by atoms with van der Waals surface area (Å²) in [4.78, 5) is 0. The molecule has 1 aromatic carbocycles. The van der Waals surface area contributed by atoms with Crippen LogP contribution in [0.1, 0.15) is 40.2 Å². The fraction of sp³-hybridized carbons (Fsp3) is 0.467. The molecule has 0 bridgehead atoms. The van der Waals surface area contributed by atoms with Crippen molar-refractivity contribution in [1.29, 1.82) is 0 Å². The topological polar surface area (TPSA) is 18.5 Å². The van der Waals surface area contributed by atoms with E-state index in [-0.39, 0.29) is 18.3 Å². The van der Waals surface area contributed by atoms with E-state index < -0.39 is 0 Å². The highest BCUT2D eigenvalue weighted by Crippen LogP contribution is 2.37. The maximum Gasteiger partial charge on any atom is 0.487 e. The highest BCUT2D eigenvalue weighted by molar-refractivity contribution is 9.10. The molecule has 0 saturated carbocycles. The Labute approximate surface area is 124 Å². The third-order valence-corrected chi connectivity index (χ3v) is 4.49. The second-order valence-corrected chi connectivity index (χ2v) is 6.90. The van der Waals surface area contributed by atoms with E-state index in [4.69, 9.17) is 9.31 Å². The number of rotatable bonds is 2.